The smallest absolute Gasteiger partial charge is 0.195 e. The quantitative estimate of drug-likeness (QED) is 0.206. The summed E-state index contributed by atoms with van der Waals surface area (Å²) in [5.74, 6) is 3.98. The van der Waals surface area contributed by atoms with E-state index in [0.29, 0.717) is 19.8 Å². The van der Waals surface area contributed by atoms with E-state index in [1.54, 1.807) is 14.2 Å². The Balaban J connectivity index is 0.00000341. The zero-order chi connectivity index (χ0) is 21.0. The van der Waals surface area contributed by atoms with Gasteiger partial charge < -0.3 is 25.0 Å². The van der Waals surface area contributed by atoms with Gasteiger partial charge in [-0.2, -0.15) is 11.8 Å². The Kier molecular flexibility index (Phi) is 11.9. The predicted octanol–water partition coefficient (Wildman–Crippen LogP) is 4.46. The van der Waals surface area contributed by atoms with Crippen LogP contribution >= 0.6 is 35.7 Å². The van der Waals surface area contributed by atoms with E-state index in [0.717, 1.165) is 36.9 Å². The van der Waals surface area contributed by atoms with Gasteiger partial charge >= 0.3 is 0 Å². The van der Waals surface area contributed by atoms with Gasteiger partial charge in [0.25, 0.3) is 0 Å². The first-order valence-corrected chi connectivity index (χ1v) is 11.5. The van der Waals surface area contributed by atoms with Crippen LogP contribution in [0.4, 0.5) is 11.4 Å². The third kappa shape index (κ3) is 8.78. The van der Waals surface area contributed by atoms with Crippen molar-refractivity contribution in [2.24, 2.45) is 4.99 Å². The average molecular weight is 557 g/mol. The number of methoxy groups -OCH3 is 1. The van der Waals surface area contributed by atoms with Crippen LogP contribution in [-0.4, -0.2) is 57.9 Å². The van der Waals surface area contributed by atoms with Crippen molar-refractivity contribution < 1.29 is 9.47 Å². The molecular weight excluding hydrogens is 523 g/mol. The first-order chi connectivity index (χ1) is 14.8. The van der Waals surface area contributed by atoms with E-state index in [4.69, 9.17) is 9.47 Å². The van der Waals surface area contributed by atoms with Crippen LogP contribution in [-0.2, 0) is 11.3 Å². The van der Waals surface area contributed by atoms with Crippen LogP contribution in [0.25, 0.3) is 0 Å². The topological polar surface area (TPSA) is 58.1 Å². The molecule has 31 heavy (non-hydrogen) atoms. The summed E-state index contributed by atoms with van der Waals surface area (Å²) in [6.45, 7) is 4.31. The number of anilines is 2. The highest BCUT2D eigenvalue weighted by Gasteiger charge is 2.10. The van der Waals surface area contributed by atoms with Gasteiger partial charge in [0.2, 0.25) is 0 Å². The van der Waals surface area contributed by atoms with Crippen molar-refractivity contribution in [3.8, 4) is 5.75 Å². The molecule has 2 N–H and O–H groups in total. The molecule has 1 fully saturated rings. The fraction of sp³-hybridized carbons (Fsp3) is 0.435. The number of aliphatic imine (C=N–C) groups is 1. The molecule has 8 heteroatoms. The second-order valence-corrected chi connectivity index (χ2v) is 8.26. The molecule has 0 saturated carbocycles. The number of ether oxygens (including phenoxy) is 2. The standard InChI is InChI=1S/C23H32N4O2S.HI/c1-24-23(26-20-5-3-6-22(17-20)29-14-4-13-28-2)25-18-19-7-9-21(10-8-19)27-11-15-30-16-12-27;/h3,5-10,17H,4,11-16,18H2,1-2H3,(H2,24,25,26);1H. The van der Waals surface area contributed by atoms with Crippen LogP contribution in [0.5, 0.6) is 5.75 Å². The fourth-order valence-electron chi connectivity index (χ4n) is 3.20. The molecule has 6 nitrogen and oxygen atoms in total. The summed E-state index contributed by atoms with van der Waals surface area (Å²) in [6.07, 6.45) is 0.868. The zero-order valence-electron chi connectivity index (χ0n) is 18.3. The number of halogens is 1. The van der Waals surface area contributed by atoms with Crippen LogP contribution < -0.4 is 20.3 Å². The molecule has 0 spiro atoms. The number of benzene rings is 2. The fourth-order valence-corrected chi connectivity index (χ4v) is 4.11. The molecule has 0 bridgehead atoms. The third-order valence-electron chi connectivity index (χ3n) is 4.85. The van der Waals surface area contributed by atoms with Crippen molar-refractivity contribution >= 4 is 53.1 Å². The summed E-state index contributed by atoms with van der Waals surface area (Å²) in [5, 5.41) is 6.70. The predicted molar refractivity (Wildman–Crippen MR) is 144 cm³/mol. The minimum Gasteiger partial charge on any atom is -0.493 e. The summed E-state index contributed by atoms with van der Waals surface area (Å²) in [7, 11) is 3.48. The lowest BCUT2D eigenvalue weighted by atomic mass is 10.2. The maximum atomic E-state index is 5.77. The monoisotopic (exact) mass is 556 g/mol. The summed E-state index contributed by atoms with van der Waals surface area (Å²) in [6, 6.07) is 16.7. The molecule has 3 rings (SSSR count). The van der Waals surface area contributed by atoms with E-state index >= 15 is 0 Å². The van der Waals surface area contributed by atoms with Crippen LogP contribution in [0.2, 0.25) is 0 Å². The molecular formula is C23H33IN4O2S. The Labute approximate surface area is 207 Å². The van der Waals surface area contributed by atoms with Gasteiger partial charge in [0.1, 0.15) is 5.75 Å². The molecule has 1 aliphatic rings. The minimum atomic E-state index is 0. The highest BCUT2D eigenvalue weighted by molar-refractivity contribution is 14.0. The highest BCUT2D eigenvalue weighted by atomic mass is 127. The number of guanidine groups is 1. The number of nitrogens with one attached hydrogen (secondary N) is 2. The maximum absolute atomic E-state index is 5.77. The first kappa shape index (κ1) is 25.6. The summed E-state index contributed by atoms with van der Waals surface area (Å²) in [5.41, 5.74) is 3.47. The van der Waals surface area contributed by atoms with Gasteiger partial charge in [-0.15, -0.1) is 24.0 Å². The van der Waals surface area contributed by atoms with Gasteiger partial charge in [0.15, 0.2) is 5.96 Å². The van der Waals surface area contributed by atoms with E-state index in [-0.39, 0.29) is 24.0 Å². The molecule has 2 aromatic rings. The van der Waals surface area contributed by atoms with Crippen molar-refractivity contribution in [3.05, 3.63) is 54.1 Å². The van der Waals surface area contributed by atoms with E-state index in [1.165, 1.54) is 22.8 Å². The van der Waals surface area contributed by atoms with Crippen molar-refractivity contribution in [3.63, 3.8) is 0 Å². The molecule has 2 aromatic carbocycles. The lowest BCUT2D eigenvalue weighted by Gasteiger charge is -2.28. The van der Waals surface area contributed by atoms with Crippen molar-refractivity contribution in [1.29, 1.82) is 0 Å². The van der Waals surface area contributed by atoms with Gasteiger partial charge in [0.05, 0.1) is 6.61 Å². The van der Waals surface area contributed by atoms with Gasteiger partial charge in [-0.3, -0.25) is 4.99 Å². The Bertz CT molecular complexity index is 798. The van der Waals surface area contributed by atoms with Crippen molar-refractivity contribution in [2.75, 3.05) is 62.2 Å². The number of hydrogen-bond donors (Lipinski definition) is 2. The van der Waals surface area contributed by atoms with Gasteiger partial charge in [-0.1, -0.05) is 18.2 Å². The van der Waals surface area contributed by atoms with Crippen LogP contribution in [0.15, 0.2) is 53.5 Å². The van der Waals surface area contributed by atoms with Crippen LogP contribution in [0.1, 0.15) is 12.0 Å². The van der Waals surface area contributed by atoms with E-state index < -0.39 is 0 Å². The van der Waals surface area contributed by atoms with E-state index in [2.05, 4.69) is 44.8 Å². The van der Waals surface area contributed by atoms with Crippen LogP contribution in [0, 0.1) is 0 Å². The molecule has 1 aliphatic heterocycles. The Morgan fingerprint density at radius 1 is 1.10 bits per heavy atom. The molecule has 0 aromatic heterocycles. The molecule has 0 radical (unpaired) electrons. The zero-order valence-corrected chi connectivity index (χ0v) is 21.4. The molecule has 0 amide bonds. The van der Waals surface area contributed by atoms with Gasteiger partial charge in [-0.25, -0.2) is 0 Å². The second kappa shape index (κ2) is 14.4. The summed E-state index contributed by atoms with van der Waals surface area (Å²) >= 11 is 2.03. The van der Waals surface area contributed by atoms with Crippen molar-refractivity contribution in [1.82, 2.24) is 5.32 Å². The van der Waals surface area contributed by atoms with Crippen molar-refractivity contribution in [2.45, 2.75) is 13.0 Å². The second-order valence-electron chi connectivity index (χ2n) is 7.04. The normalized spacial score (nSPS) is 14.0. The lowest BCUT2D eigenvalue weighted by molar-refractivity contribution is 0.172. The van der Waals surface area contributed by atoms with Gasteiger partial charge in [0, 0.05) is 75.8 Å². The first-order valence-electron chi connectivity index (χ1n) is 10.4. The average Bonchev–Trinajstić information content (AvgIpc) is 2.81. The van der Waals surface area contributed by atoms with Gasteiger partial charge in [-0.05, 0) is 29.8 Å². The van der Waals surface area contributed by atoms with E-state index in [9.17, 15) is 0 Å². The Morgan fingerprint density at radius 3 is 2.58 bits per heavy atom. The molecule has 1 saturated heterocycles. The maximum Gasteiger partial charge on any atom is 0.195 e. The largest absolute Gasteiger partial charge is 0.493 e. The number of thioether (sulfide) groups is 1. The van der Waals surface area contributed by atoms with Crippen LogP contribution in [0.3, 0.4) is 0 Å². The van der Waals surface area contributed by atoms with E-state index in [1.807, 2.05) is 36.0 Å². The SMILES string of the molecule is CN=C(NCc1ccc(N2CCSCC2)cc1)Nc1cccc(OCCCOC)c1.I. The molecule has 1 heterocycles. The number of hydrogen-bond acceptors (Lipinski definition) is 5. The Morgan fingerprint density at radius 2 is 1.87 bits per heavy atom. The summed E-state index contributed by atoms with van der Waals surface area (Å²) in [4.78, 5) is 6.79. The lowest BCUT2D eigenvalue weighted by Crippen LogP contribution is -2.32. The third-order valence-corrected chi connectivity index (χ3v) is 5.80. The minimum absolute atomic E-state index is 0. The molecule has 0 aliphatic carbocycles. The number of nitrogens with zero attached hydrogens (tertiary/aromatic N) is 2. The Hall–Kier alpha value is -1.65. The highest BCUT2D eigenvalue weighted by Crippen LogP contribution is 2.20. The number of rotatable bonds is 9. The molecule has 0 atom stereocenters. The summed E-state index contributed by atoms with van der Waals surface area (Å²) < 4.78 is 10.8. The molecule has 170 valence electrons. The molecule has 0 unspecified atom stereocenters.